The lowest BCUT2D eigenvalue weighted by molar-refractivity contribution is 0.129. The Morgan fingerprint density at radius 2 is 2.38 bits per heavy atom. The minimum atomic E-state index is -0.216. The molecule has 0 radical (unpaired) electrons. The highest BCUT2D eigenvalue weighted by Crippen LogP contribution is 2.19. The van der Waals surface area contributed by atoms with E-state index in [-0.39, 0.29) is 11.9 Å². The maximum Gasteiger partial charge on any atom is 0.124 e. The van der Waals surface area contributed by atoms with Gasteiger partial charge in [-0.15, -0.1) is 11.8 Å². The van der Waals surface area contributed by atoms with Crippen LogP contribution in [0.15, 0.2) is 29.2 Å². The van der Waals surface area contributed by atoms with Gasteiger partial charge in [-0.2, -0.15) is 0 Å². The Morgan fingerprint density at radius 1 is 1.56 bits per heavy atom. The van der Waals surface area contributed by atoms with Crippen LogP contribution in [-0.4, -0.2) is 25.0 Å². The van der Waals surface area contributed by atoms with Crippen molar-refractivity contribution >= 4 is 11.8 Å². The summed E-state index contributed by atoms with van der Waals surface area (Å²) in [5, 5.41) is 0. The fourth-order valence-corrected chi connectivity index (χ4v) is 2.11. The molecule has 0 saturated carbocycles. The molecule has 3 nitrogen and oxygen atoms in total. The third-order valence-corrected chi connectivity index (χ3v) is 3.16. The molecule has 1 atom stereocenters. The van der Waals surface area contributed by atoms with E-state index in [0.717, 1.165) is 10.6 Å². The SMILES string of the molecule is CCOCC(CSc1cccc(F)c1)NN. The zero-order chi connectivity index (χ0) is 11.8. The smallest absolute Gasteiger partial charge is 0.124 e. The van der Waals surface area contributed by atoms with Crippen LogP contribution >= 0.6 is 11.8 Å². The van der Waals surface area contributed by atoms with E-state index in [2.05, 4.69) is 5.43 Å². The summed E-state index contributed by atoms with van der Waals surface area (Å²) in [6.45, 7) is 3.17. The first-order valence-electron chi connectivity index (χ1n) is 5.18. The number of thioether (sulfide) groups is 1. The van der Waals surface area contributed by atoms with Crippen molar-refractivity contribution in [1.82, 2.24) is 5.43 Å². The lowest BCUT2D eigenvalue weighted by Gasteiger charge is -2.14. The van der Waals surface area contributed by atoms with E-state index in [0.29, 0.717) is 13.2 Å². The van der Waals surface area contributed by atoms with Gasteiger partial charge in [0.25, 0.3) is 0 Å². The minimum absolute atomic E-state index is 0.0771. The summed E-state index contributed by atoms with van der Waals surface area (Å²) in [6, 6.07) is 6.60. The molecule has 0 spiro atoms. The van der Waals surface area contributed by atoms with Gasteiger partial charge in [0.05, 0.1) is 12.6 Å². The lowest BCUT2D eigenvalue weighted by Crippen LogP contribution is -2.40. The number of ether oxygens (including phenoxy) is 1. The van der Waals surface area contributed by atoms with Crippen molar-refractivity contribution < 1.29 is 9.13 Å². The molecule has 0 aliphatic carbocycles. The molecular formula is C11H17FN2OS. The summed E-state index contributed by atoms with van der Waals surface area (Å²) in [7, 11) is 0. The first-order chi connectivity index (χ1) is 7.76. The second-order valence-corrected chi connectivity index (χ2v) is 4.38. The topological polar surface area (TPSA) is 47.3 Å². The molecule has 5 heteroatoms. The summed E-state index contributed by atoms with van der Waals surface area (Å²) in [4.78, 5) is 0.900. The van der Waals surface area contributed by atoms with E-state index in [1.165, 1.54) is 12.1 Å². The van der Waals surface area contributed by atoms with Gasteiger partial charge in [0.15, 0.2) is 0 Å². The molecule has 1 aromatic rings. The van der Waals surface area contributed by atoms with Crippen molar-refractivity contribution in [3.63, 3.8) is 0 Å². The van der Waals surface area contributed by atoms with Crippen LogP contribution in [0.2, 0.25) is 0 Å². The Bertz CT molecular complexity index is 312. The molecule has 0 aliphatic rings. The predicted molar refractivity (Wildman–Crippen MR) is 64.7 cm³/mol. The van der Waals surface area contributed by atoms with E-state index < -0.39 is 0 Å². The zero-order valence-corrected chi connectivity index (χ0v) is 10.1. The average Bonchev–Trinajstić information content (AvgIpc) is 2.29. The number of rotatable bonds is 7. The largest absolute Gasteiger partial charge is 0.380 e. The van der Waals surface area contributed by atoms with Crippen molar-refractivity contribution in [1.29, 1.82) is 0 Å². The minimum Gasteiger partial charge on any atom is -0.380 e. The van der Waals surface area contributed by atoms with Gasteiger partial charge in [0.1, 0.15) is 5.82 Å². The Labute approximate surface area is 99.5 Å². The Hall–Kier alpha value is -0.620. The van der Waals surface area contributed by atoms with Crippen LogP contribution < -0.4 is 11.3 Å². The highest BCUT2D eigenvalue weighted by molar-refractivity contribution is 7.99. The van der Waals surface area contributed by atoms with Gasteiger partial charge in [0.2, 0.25) is 0 Å². The fraction of sp³-hybridized carbons (Fsp3) is 0.455. The molecule has 0 fully saturated rings. The zero-order valence-electron chi connectivity index (χ0n) is 9.28. The lowest BCUT2D eigenvalue weighted by atomic mass is 10.3. The summed E-state index contributed by atoms with van der Waals surface area (Å²) < 4.78 is 18.2. The van der Waals surface area contributed by atoms with Crippen molar-refractivity contribution in [3.05, 3.63) is 30.1 Å². The summed E-state index contributed by atoms with van der Waals surface area (Å²) in [6.07, 6.45) is 0. The second-order valence-electron chi connectivity index (χ2n) is 3.29. The van der Waals surface area contributed by atoms with Gasteiger partial charge in [-0.3, -0.25) is 11.3 Å². The van der Waals surface area contributed by atoms with Crippen LogP contribution in [0.4, 0.5) is 4.39 Å². The van der Waals surface area contributed by atoms with Crippen molar-refractivity contribution in [2.75, 3.05) is 19.0 Å². The Kier molecular flexibility index (Phi) is 6.40. The Morgan fingerprint density at radius 3 is 3.00 bits per heavy atom. The third kappa shape index (κ3) is 4.94. The number of nitrogens with two attached hydrogens (primary N) is 1. The van der Waals surface area contributed by atoms with Crippen LogP contribution in [-0.2, 0) is 4.74 Å². The van der Waals surface area contributed by atoms with Crippen molar-refractivity contribution in [2.45, 2.75) is 17.9 Å². The van der Waals surface area contributed by atoms with Crippen LogP contribution in [0.3, 0.4) is 0 Å². The highest BCUT2D eigenvalue weighted by Gasteiger charge is 2.07. The number of nitrogens with one attached hydrogen (secondary N) is 1. The summed E-state index contributed by atoms with van der Waals surface area (Å²) >= 11 is 1.56. The van der Waals surface area contributed by atoms with Crippen molar-refractivity contribution in [3.8, 4) is 0 Å². The quantitative estimate of drug-likeness (QED) is 0.436. The van der Waals surface area contributed by atoms with E-state index in [4.69, 9.17) is 10.6 Å². The molecule has 0 heterocycles. The molecule has 0 saturated heterocycles. The standard InChI is InChI=1S/C11H17FN2OS/c1-2-15-7-10(14-13)8-16-11-5-3-4-9(12)6-11/h3-6,10,14H,2,7-8,13H2,1H3. The highest BCUT2D eigenvalue weighted by atomic mass is 32.2. The normalized spacial score (nSPS) is 12.7. The number of hydrazine groups is 1. The maximum absolute atomic E-state index is 12.9. The molecule has 0 aliphatic heterocycles. The monoisotopic (exact) mass is 244 g/mol. The number of hydrogen-bond donors (Lipinski definition) is 2. The van der Waals surface area contributed by atoms with Crippen LogP contribution in [0.1, 0.15) is 6.92 Å². The number of hydrogen-bond acceptors (Lipinski definition) is 4. The van der Waals surface area contributed by atoms with Gasteiger partial charge < -0.3 is 4.74 Å². The van der Waals surface area contributed by atoms with Gasteiger partial charge in [-0.05, 0) is 25.1 Å². The van der Waals surface area contributed by atoms with E-state index in [1.54, 1.807) is 17.8 Å². The molecule has 1 aromatic carbocycles. The average molecular weight is 244 g/mol. The third-order valence-electron chi connectivity index (χ3n) is 2.01. The molecule has 0 aromatic heterocycles. The molecule has 0 bridgehead atoms. The predicted octanol–water partition coefficient (Wildman–Crippen LogP) is 1.79. The summed E-state index contributed by atoms with van der Waals surface area (Å²) in [5.41, 5.74) is 2.68. The van der Waals surface area contributed by atoms with Crippen LogP contribution in [0.5, 0.6) is 0 Å². The molecular weight excluding hydrogens is 227 g/mol. The van der Waals surface area contributed by atoms with Crippen LogP contribution in [0.25, 0.3) is 0 Å². The van der Waals surface area contributed by atoms with E-state index in [1.807, 2.05) is 13.0 Å². The molecule has 0 amide bonds. The first-order valence-corrected chi connectivity index (χ1v) is 6.17. The molecule has 1 rings (SSSR count). The molecule has 1 unspecified atom stereocenters. The first kappa shape index (κ1) is 13.4. The number of benzene rings is 1. The molecule has 3 N–H and O–H groups in total. The molecule has 90 valence electrons. The van der Waals surface area contributed by atoms with Gasteiger partial charge in [-0.1, -0.05) is 6.07 Å². The van der Waals surface area contributed by atoms with E-state index in [9.17, 15) is 4.39 Å². The Balaban J connectivity index is 2.37. The van der Waals surface area contributed by atoms with Crippen LogP contribution in [0, 0.1) is 5.82 Å². The second kappa shape index (κ2) is 7.62. The molecule has 16 heavy (non-hydrogen) atoms. The summed E-state index contributed by atoms with van der Waals surface area (Å²) in [5.74, 6) is 5.92. The van der Waals surface area contributed by atoms with Gasteiger partial charge in [-0.25, -0.2) is 4.39 Å². The maximum atomic E-state index is 12.9. The van der Waals surface area contributed by atoms with Gasteiger partial charge in [0, 0.05) is 17.3 Å². The number of halogens is 1. The van der Waals surface area contributed by atoms with E-state index >= 15 is 0 Å². The van der Waals surface area contributed by atoms with Gasteiger partial charge >= 0.3 is 0 Å². The van der Waals surface area contributed by atoms with Crippen molar-refractivity contribution in [2.24, 2.45) is 5.84 Å². The fourth-order valence-electron chi connectivity index (χ4n) is 1.16.